The molecule has 6 rings (SSSR count). The second-order valence-electron chi connectivity index (χ2n) is 9.86. The lowest BCUT2D eigenvalue weighted by Gasteiger charge is -2.58. The molecule has 0 saturated heterocycles. The van der Waals surface area contributed by atoms with E-state index < -0.39 is 5.60 Å². The zero-order chi connectivity index (χ0) is 23.2. The van der Waals surface area contributed by atoms with Crippen molar-refractivity contribution >= 4 is 23.6 Å². The Labute approximate surface area is 198 Å². The first-order chi connectivity index (χ1) is 15.9. The maximum absolute atomic E-state index is 13.4. The average molecular weight is 470 g/mol. The predicted molar refractivity (Wildman–Crippen MR) is 126 cm³/mol. The number of methoxy groups -OCH3 is 1. The van der Waals surface area contributed by atoms with Crippen molar-refractivity contribution in [2.75, 3.05) is 12.9 Å². The number of nitrogens with zero attached hydrogens (tertiary/aromatic N) is 2. The molecule has 7 nitrogen and oxygen atoms in total. The molecule has 4 aliphatic carbocycles. The van der Waals surface area contributed by atoms with Crippen molar-refractivity contribution in [2.24, 2.45) is 17.8 Å². The Bertz CT molecular complexity index is 1030. The van der Waals surface area contributed by atoms with Gasteiger partial charge in [-0.1, -0.05) is 6.92 Å². The molecule has 1 heterocycles. The zero-order valence-corrected chi connectivity index (χ0v) is 19.9. The number of carbonyl (C=O) groups is 2. The number of aromatic nitrogens is 2. The lowest BCUT2D eigenvalue weighted by Crippen LogP contribution is -2.61. The van der Waals surface area contributed by atoms with Crippen LogP contribution in [0, 0.1) is 17.8 Å². The smallest absolute Gasteiger partial charge is 0.337 e. The molecule has 8 heteroatoms. The molecule has 4 fully saturated rings. The molecular weight excluding hydrogens is 438 g/mol. The summed E-state index contributed by atoms with van der Waals surface area (Å²) >= 11 is 1.62. The van der Waals surface area contributed by atoms with Gasteiger partial charge in [-0.3, -0.25) is 4.79 Å². The molecule has 4 saturated carbocycles. The van der Waals surface area contributed by atoms with Crippen LogP contribution >= 0.6 is 11.8 Å². The van der Waals surface area contributed by atoms with Crippen LogP contribution in [0.25, 0.3) is 5.69 Å². The molecule has 0 spiro atoms. The first kappa shape index (κ1) is 22.5. The van der Waals surface area contributed by atoms with Gasteiger partial charge in [0.15, 0.2) is 0 Å². The number of amides is 1. The number of esters is 1. The number of carbonyl (C=O) groups excluding carboxylic acids is 2. The van der Waals surface area contributed by atoms with Crippen LogP contribution in [-0.4, -0.2) is 51.3 Å². The summed E-state index contributed by atoms with van der Waals surface area (Å²) in [7, 11) is 1.36. The average Bonchev–Trinajstić information content (AvgIpc) is 3.22. The van der Waals surface area contributed by atoms with Crippen molar-refractivity contribution in [1.29, 1.82) is 0 Å². The first-order valence-electron chi connectivity index (χ1n) is 11.8. The fraction of sp³-hybridized carbons (Fsp3) is 0.560. The second kappa shape index (κ2) is 8.80. The van der Waals surface area contributed by atoms with E-state index in [1.807, 2.05) is 12.1 Å². The summed E-state index contributed by atoms with van der Waals surface area (Å²) in [6, 6.07) is 7.16. The number of rotatable bonds is 7. The Morgan fingerprint density at radius 2 is 1.91 bits per heavy atom. The van der Waals surface area contributed by atoms with Crippen LogP contribution in [0.15, 0.2) is 35.5 Å². The molecule has 4 bridgehead atoms. The fourth-order valence-corrected chi connectivity index (χ4v) is 7.29. The molecule has 1 unspecified atom stereocenters. The van der Waals surface area contributed by atoms with Crippen molar-refractivity contribution in [1.82, 2.24) is 15.1 Å². The topological polar surface area (TPSA) is 93.5 Å². The number of hydrogen-bond donors (Lipinski definition) is 2. The minimum absolute atomic E-state index is 0.0875. The van der Waals surface area contributed by atoms with E-state index in [4.69, 9.17) is 4.74 Å². The Balaban J connectivity index is 1.38. The normalized spacial score (nSPS) is 29.8. The van der Waals surface area contributed by atoms with Gasteiger partial charge in [-0.25, -0.2) is 9.48 Å². The highest BCUT2D eigenvalue weighted by Gasteiger charge is 2.55. The molecule has 1 amide bonds. The molecule has 0 radical (unpaired) electrons. The fourth-order valence-electron chi connectivity index (χ4n) is 6.32. The van der Waals surface area contributed by atoms with Gasteiger partial charge in [-0.15, -0.1) is 11.8 Å². The van der Waals surface area contributed by atoms with Crippen LogP contribution in [0.4, 0.5) is 0 Å². The molecule has 176 valence electrons. The van der Waals surface area contributed by atoms with Crippen LogP contribution in [0.2, 0.25) is 0 Å². The van der Waals surface area contributed by atoms with E-state index in [2.05, 4.69) is 17.3 Å². The third kappa shape index (κ3) is 4.19. The van der Waals surface area contributed by atoms with E-state index in [9.17, 15) is 14.7 Å². The number of aliphatic hydroxyl groups is 1. The third-order valence-electron chi connectivity index (χ3n) is 7.48. The summed E-state index contributed by atoms with van der Waals surface area (Å²) < 4.78 is 6.55. The second-order valence-corrected chi connectivity index (χ2v) is 10.9. The van der Waals surface area contributed by atoms with E-state index in [1.165, 1.54) is 7.11 Å². The number of hydrogen-bond acceptors (Lipinski definition) is 6. The van der Waals surface area contributed by atoms with Crippen LogP contribution < -0.4 is 5.32 Å². The first-order valence-corrected chi connectivity index (χ1v) is 12.8. The number of nitrogens with one attached hydrogen (secondary N) is 1. The monoisotopic (exact) mass is 469 g/mol. The van der Waals surface area contributed by atoms with Crippen LogP contribution in [0.3, 0.4) is 0 Å². The highest BCUT2D eigenvalue weighted by atomic mass is 32.2. The highest BCUT2D eigenvalue weighted by Crippen LogP contribution is 2.55. The molecule has 2 N–H and O–H groups in total. The van der Waals surface area contributed by atoms with Gasteiger partial charge < -0.3 is 15.2 Å². The Morgan fingerprint density at radius 3 is 2.52 bits per heavy atom. The van der Waals surface area contributed by atoms with Crippen LogP contribution in [-0.2, 0) is 4.74 Å². The minimum Gasteiger partial charge on any atom is -0.465 e. The maximum atomic E-state index is 13.4. The van der Waals surface area contributed by atoms with E-state index >= 15 is 0 Å². The van der Waals surface area contributed by atoms with Gasteiger partial charge in [-0.05, 0) is 86.3 Å². The third-order valence-corrected chi connectivity index (χ3v) is 8.76. The predicted octanol–water partition coefficient (Wildman–Crippen LogP) is 3.83. The molecular formula is C25H31N3O4S. The van der Waals surface area contributed by atoms with Crippen molar-refractivity contribution in [3.05, 3.63) is 41.6 Å². The van der Waals surface area contributed by atoms with E-state index in [0.717, 1.165) is 55.0 Å². The van der Waals surface area contributed by atoms with Gasteiger partial charge >= 0.3 is 5.97 Å². The lowest BCUT2D eigenvalue weighted by atomic mass is 9.52. The highest BCUT2D eigenvalue weighted by molar-refractivity contribution is 7.99. The summed E-state index contributed by atoms with van der Waals surface area (Å²) in [6.45, 7) is 2.11. The van der Waals surface area contributed by atoms with Crippen LogP contribution in [0.1, 0.15) is 66.2 Å². The standard InChI is InChI=1S/C25H31N3O4S/c1-3-8-33-23-20(14-26-28(23)19-6-4-16(5-7-19)24(30)32-2)22(29)27-21-17-9-15-10-18(21)13-25(31,11-15)12-17/h4-7,14-15,17-18,21,31H,3,8-13H2,1-2H3,(H,27,29)/t15?,17-,18+,21-,25-. The SMILES string of the molecule is CCCSc1c(C(=O)N[C@@H]2[C@@H]3CC4C[C@H]2C[C@@](O)(C4)C3)cnn1-c1ccc(C(=O)OC)cc1. The Kier molecular flexibility index (Phi) is 5.99. The summed E-state index contributed by atoms with van der Waals surface area (Å²) in [4.78, 5) is 25.2. The van der Waals surface area contributed by atoms with Crippen molar-refractivity contribution < 1.29 is 19.4 Å². The van der Waals surface area contributed by atoms with Gasteiger partial charge in [0.05, 0.1) is 35.7 Å². The van der Waals surface area contributed by atoms with Gasteiger partial charge in [0.25, 0.3) is 5.91 Å². The zero-order valence-electron chi connectivity index (χ0n) is 19.1. The lowest BCUT2D eigenvalue weighted by molar-refractivity contribution is -0.136. The van der Waals surface area contributed by atoms with Crippen molar-refractivity contribution in [3.8, 4) is 5.69 Å². The molecule has 1 aromatic heterocycles. The number of benzene rings is 1. The van der Waals surface area contributed by atoms with Crippen molar-refractivity contribution in [3.63, 3.8) is 0 Å². The van der Waals surface area contributed by atoms with Gasteiger partial charge in [0, 0.05) is 6.04 Å². The molecule has 4 aliphatic rings. The quantitative estimate of drug-likeness (QED) is 0.473. The van der Waals surface area contributed by atoms with Crippen LogP contribution in [0.5, 0.6) is 0 Å². The number of ether oxygens (including phenoxy) is 1. The molecule has 0 aliphatic heterocycles. The molecule has 2 aromatic rings. The maximum Gasteiger partial charge on any atom is 0.337 e. The Hall–Kier alpha value is -2.32. The Morgan fingerprint density at radius 1 is 1.21 bits per heavy atom. The van der Waals surface area contributed by atoms with Crippen molar-refractivity contribution in [2.45, 2.75) is 62.1 Å². The summed E-state index contributed by atoms with van der Waals surface area (Å²) in [5.74, 6) is 1.72. The van der Waals surface area contributed by atoms with Gasteiger partial charge in [0.1, 0.15) is 5.03 Å². The molecule has 1 aromatic carbocycles. The van der Waals surface area contributed by atoms with E-state index in [0.29, 0.717) is 28.9 Å². The molecule has 5 atom stereocenters. The number of thioether (sulfide) groups is 1. The van der Waals surface area contributed by atoms with E-state index in [1.54, 1.807) is 34.8 Å². The summed E-state index contributed by atoms with van der Waals surface area (Å²) in [5, 5.41) is 19.5. The summed E-state index contributed by atoms with van der Waals surface area (Å²) in [5.41, 5.74) is 1.33. The minimum atomic E-state index is -0.513. The molecule has 33 heavy (non-hydrogen) atoms. The van der Waals surface area contributed by atoms with Gasteiger partial charge in [0.2, 0.25) is 0 Å². The largest absolute Gasteiger partial charge is 0.465 e. The van der Waals surface area contributed by atoms with Gasteiger partial charge in [-0.2, -0.15) is 5.10 Å². The van der Waals surface area contributed by atoms with E-state index in [-0.39, 0.29) is 17.9 Å². The summed E-state index contributed by atoms with van der Waals surface area (Å²) in [6.07, 6.45) is 7.36.